The molecule has 0 aromatic rings. The van der Waals surface area contributed by atoms with Crippen LogP contribution in [0.25, 0.3) is 0 Å². The van der Waals surface area contributed by atoms with E-state index in [2.05, 4.69) is 0 Å². The standard InChI is InChI=1S/C6H11FO.C2H6/c1-4-3-6(7)5(2)8-4;1-2/h4-6H,3H2,1-2H3;1-2H3. The monoisotopic (exact) mass is 148 g/mol. The third-order valence-electron chi connectivity index (χ3n) is 1.51. The molecule has 0 N–H and O–H groups in total. The molecule has 0 radical (unpaired) electrons. The summed E-state index contributed by atoms with van der Waals surface area (Å²) in [6.45, 7) is 7.67. The predicted octanol–water partition coefficient (Wildman–Crippen LogP) is 2.55. The molecule has 0 aliphatic carbocycles. The second-order valence-electron chi connectivity index (χ2n) is 2.40. The summed E-state index contributed by atoms with van der Waals surface area (Å²) in [6, 6.07) is 0. The summed E-state index contributed by atoms with van der Waals surface area (Å²) in [5, 5.41) is 0. The highest BCUT2D eigenvalue weighted by molar-refractivity contribution is 4.76. The highest BCUT2D eigenvalue weighted by Gasteiger charge is 2.28. The van der Waals surface area contributed by atoms with E-state index in [0.29, 0.717) is 6.42 Å². The van der Waals surface area contributed by atoms with Gasteiger partial charge in [-0.2, -0.15) is 0 Å². The molecule has 3 atom stereocenters. The average Bonchev–Trinajstić information content (AvgIpc) is 2.16. The molecule has 1 nitrogen and oxygen atoms in total. The van der Waals surface area contributed by atoms with E-state index in [-0.39, 0.29) is 12.2 Å². The fourth-order valence-electron chi connectivity index (χ4n) is 1.02. The van der Waals surface area contributed by atoms with Gasteiger partial charge in [-0.05, 0) is 13.8 Å². The van der Waals surface area contributed by atoms with E-state index in [4.69, 9.17) is 4.74 Å². The molecule has 0 aromatic carbocycles. The van der Waals surface area contributed by atoms with Gasteiger partial charge in [-0.15, -0.1) is 0 Å². The van der Waals surface area contributed by atoms with Crippen molar-refractivity contribution in [2.24, 2.45) is 0 Å². The van der Waals surface area contributed by atoms with Crippen LogP contribution in [0.5, 0.6) is 0 Å². The van der Waals surface area contributed by atoms with Crippen molar-refractivity contribution in [2.75, 3.05) is 0 Å². The maximum atomic E-state index is 12.4. The molecule has 1 aliphatic heterocycles. The number of alkyl halides is 1. The Morgan fingerprint density at radius 3 is 1.90 bits per heavy atom. The van der Waals surface area contributed by atoms with Crippen LogP contribution in [0.4, 0.5) is 4.39 Å². The number of hydrogen-bond acceptors (Lipinski definition) is 1. The van der Waals surface area contributed by atoms with Crippen molar-refractivity contribution in [3.8, 4) is 0 Å². The lowest BCUT2D eigenvalue weighted by atomic mass is 10.2. The summed E-state index contributed by atoms with van der Waals surface area (Å²) in [5.74, 6) is 0. The Bertz CT molecular complexity index is 75.3. The minimum absolute atomic E-state index is 0.125. The van der Waals surface area contributed by atoms with Gasteiger partial charge in [0, 0.05) is 6.42 Å². The van der Waals surface area contributed by atoms with Gasteiger partial charge in [0.1, 0.15) is 6.17 Å². The van der Waals surface area contributed by atoms with Crippen LogP contribution in [0.2, 0.25) is 0 Å². The first-order valence-corrected chi connectivity index (χ1v) is 3.99. The molecule has 2 heteroatoms. The zero-order chi connectivity index (χ0) is 8.15. The Balaban J connectivity index is 0.000000371. The van der Waals surface area contributed by atoms with Crippen LogP contribution >= 0.6 is 0 Å². The van der Waals surface area contributed by atoms with Crippen molar-refractivity contribution in [3.05, 3.63) is 0 Å². The van der Waals surface area contributed by atoms with Crippen molar-refractivity contribution in [2.45, 2.75) is 52.5 Å². The van der Waals surface area contributed by atoms with E-state index < -0.39 is 6.17 Å². The molecule has 0 bridgehead atoms. The number of ether oxygens (including phenoxy) is 1. The topological polar surface area (TPSA) is 9.23 Å². The van der Waals surface area contributed by atoms with Gasteiger partial charge in [0.2, 0.25) is 0 Å². The molecule has 0 spiro atoms. The van der Waals surface area contributed by atoms with Crippen molar-refractivity contribution in [3.63, 3.8) is 0 Å². The normalized spacial score (nSPS) is 38.7. The molecule has 62 valence electrons. The van der Waals surface area contributed by atoms with E-state index in [1.807, 2.05) is 20.8 Å². The van der Waals surface area contributed by atoms with E-state index in [1.165, 1.54) is 0 Å². The van der Waals surface area contributed by atoms with E-state index in [1.54, 1.807) is 6.92 Å². The van der Waals surface area contributed by atoms with Crippen LogP contribution in [0.1, 0.15) is 34.1 Å². The zero-order valence-corrected chi connectivity index (χ0v) is 7.23. The van der Waals surface area contributed by atoms with Gasteiger partial charge in [-0.1, -0.05) is 13.8 Å². The van der Waals surface area contributed by atoms with E-state index in [9.17, 15) is 4.39 Å². The largest absolute Gasteiger partial charge is 0.372 e. The Kier molecular flexibility index (Phi) is 4.62. The van der Waals surface area contributed by atoms with Crippen LogP contribution in [0.3, 0.4) is 0 Å². The highest BCUT2D eigenvalue weighted by Crippen LogP contribution is 2.21. The predicted molar refractivity (Wildman–Crippen MR) is 40.9 cm³/mol. The smallest absolute Gasteiger partial charge is 0.128 e. The average molecular weight is 148 g/mol. The first-order chi connectivity index (χ1) is 4.70. The van der Waals surface area contributed by atoms with Crippen molar-refractivity contribution < 1.29 is 9.13 Å². The molecule has 1 saturated heterocycles. The van der Waals surface area contributed by atoms with Gasteiger partial charge >= 0.3 is 0 Å². The van der Waals surface area contributed by atoms with E-state index >= 15 is 0 Å². The van der Waals surface area contributed by atoms with E-state index in [0.717, 1.165) is 0 Å². The summed E-state index contributed by atoms with van der Waals surface area (Å²) in [7, 11) is 0. The zero-order valence-electron chi connectivity index (χ0n) is 7.23. The third kappa shape index (κ3) is 2.65. The maximum Gasteiger partial charge on any atom is 0.128 e. The quantitative estimate of drug-likeness (QED) is 0.513. The summed E-state index contributed by atoms with van der Waals surface area (Å²) in [5.41, 5.74) is 0. The van der Waals surface area contributed by atoms with Gasteiger partial charge in [0.15, 0.2) is 0 Å². The number of halogens is 1. The van der Waals surface area contributed by atoms with Gasteiger partial charge in [-0.25, -0.2) is 4.39 Å². The van der Waals surface area contributed by atoms with Gasteiger partial charge in [-0.3, -0.25) is 0 Å². The molecule has 1 heterocycles. The number of rotatable bonds is 0. The molecule has 0 aromatic heterocycles. The second kappa shape index (κ2) is 4.67. The van der Waals surface area contributed by atoms with Gasteiger partial charge in [0.05, 0.1) is 12.2 Å². The Morgan fingerprint density at radius 1 is 1.30 bits per heavy atom. The van der Waals surface area contributed by atoms with Gasteiger partial charge in [0.25, 0.3) is 0 Å². The SMILES string of the molecule is CC.CC1CC(F)C(C)O1. The van der Waals surface area contributed by atoms with Crippen LogP contribution in [-0.2, 0) is 4.74 Å². The molecule has 0 saturated carbocycles. The van der Waals surface area contributed by atoms with Crippen LogP contribution in [0, 0.1) is 0 Å². The maximum absolute atomic E-state index is 12.4. The minimum atomic E-state index is -0.731. The summed E-state index contributed by atoms with van der Waals surface area (Å²) in [4.78, 5) is 0. The molecule has 1 fully saturated rings. The van der Waals surface area contributed by atoms with Crippen LogP contribution < -0.4 is 0 Å². The summed E-state index contributed by atoms with van der Waals surface area (Å²) < 4.78 is 17.5. The Labute approximate surface area is 62.6 Å². The second-order valence-corrected chi connectivity index (χ2v) is 2.40. The van der Waals surface area contributed by atoms with Crippen molar-refractivity contribution in [1.82, 2.24) is 0 Å². The minimum Gasteiger partial charge on any atom is -0.372 e. The summed E-state index contributed by atoms with van der Waals surface area (Å²) >= 11 is 0. The lowest BCUT2D eigenvalue weighted by Crippen LogP contribution is -2.10. The fraction of sp³-hybridized carbons (Fsp3) is 1.00. The fourth-order valence-corrected chi connectivity index (χ4v) is 1.02. The van der Waals surface area contributed by atoms with Gasteiger partial charge < -0.3 is 4.74 Å². The lowest BCUT2D eigenvalue weighted by molar-refractivity contribution is 0.0496. The highest BCUT2D eigenvalue weighted by atomic mass is 19.1. The lowest BCUT2D eigenvalue weighted by Gasteiger charge is -2.02. The number of hydrogen-bond donors (Lipinski definition) is 0. The molecular weight excluding hydrogens is 131 g/mol. The van der Waals surface area contributed by atoms with Crippen molar-refractivity contribution in [1.29, 1.82) is 0 Å². The summed E-state index contributed by atoms with van der Waals surface area (Å²) in [6.07, 6.45) is -0.212. The van der Waals surface area contributed by atoms with Crippen LogP contribution in [-0.4, -0.2) is 18.4 Å². The van der Waals surface area contributed by atoms with Crippen LogP contribution in [0.15, 0.2) is 0 Å². The molecule has 3 unspecified atom stereocenters. The Hall–Kier alpha value is -0.110. The molecule has 1 aliphatic rings. The molecule has 10 heavy (non-hydrogen) atoms. The first kappa shape index (κ1) is 9.89. The first-order valence-electron chi connectivity index (χ1n) is 3.99. The molecular formula is C8H17FO. The molecule has 1 rings (SSSR count). The molecule has 0 amide bonds. The Morgan fingerprint density at radius 2 is 1.80 bits per heavy atom. The third-order valence-corrected chi connectivity index (χ3v) is 1.51. The van der Waals surface area contributed by atoms with Crippen molar-refractivity contribution >= 4 is 0 Å².